The van der Waals surface area contributed by atoms with Crippen molar-refractivity contribution in [3.63, 3.8) is 0 Å². The molecule has 0 spiro atoms. The molecule has 100 valence electrons. The first-order valence-corrected chi connectivity index (χ1v) is 6.22. The number of ether oxygens (including phenoxy) is 1. The van der Waals surface area contributed by atoms with Crippen LogP contribution in [0, 0.1) is 0 Å². The molecule has 0 saturated carbocycles. The number of carbonyl (C=O) groups is 1. The van der Waals surface area contributed by atoms with E-state index in [1.807, 2.05) is 11.8 Å². The van der Waals surface area contributed by atoms with Crippen LogP contribution in [-0.4, -0.2) is 72.4 Å². The lowest BCUT2D eigenvalue weighted by atomic mass is 10.1. The van der Waals surface area contributed by atoms with Crippen molar-refractivity contribution in [2.24, 2.45) is 0 Å². The molecule has 1 aliphatic rings. The molecule has 5 heteroatoms. The van der Waals surface area contributed by atoms with Crippen LogP contribution >= 0.6 is 0 Å². The maximum atomic E-state index is 11.7. The largest absolute Gasteiger partial charge is 0.389 e. The van der Waals surface area contributed by atoms with Crippen LogP contribution in [-0.2, 0) is 9.53 Å². The van der Waals surface area contributed by atoms with Crippen molar-refractivity contribution in [2.75, 3.05) is 45.9 Å². The van der Waals surface area contributed by atoms with Crippen LogP contribution in [0.3, 0.4) is 0 Å². The van der Waals surface area contributed by atoms with Gasteiger partial charge in [0.15, 0.2) is 0 Å². The standard InChI is InChI=1S/C12H24N2O3/c1-4-17-9-11(15)14-7-5-13(6-8-14)10-12(2,3)16/h16H,4-10H2,1-3H3. The monoisotopic (exact) mass is 244 g/mol. The highest BCUT2D eigenvalue weighted by Crippen LogP contribution is 2.08. The number of carbonyl (C=O) groups excluding carboxylic acids is 1. The van der Waals surface area contributed by atoms with Crippen LogP contribution in [0.5, 0.6) is 0 Å². The van der Waals surface area contributed by atoms with Crippen LogP contribution < -0.4 is 0 Å². The van der Waals surface area contributed by atoms with Gasteiger partial charge in [-0.25, -0.2) is 0 Å². The van der Waals surface area contributed by atoms with E-state index < -0.39 is 5.60 Å². The summed E-state index contributed by atoms with van der Waals surface area (Å²) >= 11 is 0. The van der Waals surface area contributed by atoms with Crippen LogP contribution in [0.1, 0.15) is 20.8 Å². The topological polar surface area (TPSA) is 53.0 Å². The molecule has 0 radical (unpaired) electrons. The highest BCUT2D eigenvalue weighted by Gasteiger charge is 2.24. The molecular formula is C12H24N2O3. The van der Waals surface area contributed by atoms with Gasteiger partial charge in [-0.05, 0) is 20.8 Å². The van der Waals surface area contributed by atoms with Gasteiger partial charge in [-0.3, -0.25) is 9.69 Å². The van der Waals surface area contributed by atoms with Gasteiger partial charge in [0, 0.05) is 39.3 Å². The minimum Gasteiger partial charge on any atom is -0.389 e. The third-order valence-electron chi connectivity index (χ3n) is 2.77. The second-order valence-electron chi connectivity index (χ2n) is 5.11. The first-order valence-electron chi connectivity index (χ1n) is 6.22. The highest BCUT2D eigenvalue weighted by atomic mass is 16.5. The summed E-state index contributed by atoms with van der Waals surface area (Å²) in [5, 5.41) is 9.72. The van der Waals surface area contributed by atoms with Crippen molar-refractivity contribution in [3.8, 4) is 0 Å². The van der Waals surface area contributed by atoms with Gasteiger partial charge in [0.1, 0.15) is 6.61 Å². The fourth-order valence-corrected chi connectivity index (χ4v) is 1.98. The number of rotatable bonds is 5. The number of aliphatic hydroxyl groups is 1. The van der Waals surface area contributed by atoms with E-state index in [0.717, 1.165) is 26.2 Å². The van der Waals surface area contributed by atoms with E-state index in [1.165, 1.54) is 0 Å². The van der Waals surface area contributed by atoms with E-state index in [4.69, 9.17) is 4.74 Å². The first-order chi connectivity index (χ1) is 7.92. The SMILES string of the molecule is CCOCC(=O)N1CCN(CC(C)(C)O)CC1. The van der Waals surface area contributed by atoms with E-state index in [9.17, 15) is 9.90 Å². The lowest BCUT2D eigenvalue weighted by Crippen LogP contribution is -2.52. The molecule has 0 bridgehead atoms. The van der Waals surface area contributed by atoms with Crippen molar-refractivity contribution in [1.29, 1.82) is 0 Å². The summed E-state index contributed by atoms with van der Waals surface area (Å²) in [5.74, 6) is 0.0646. The van der Waals surface area contributed by atoms with Crippen molar-refractivity contribution in [1.82, 2.24) is 9.80 Å². The predicted molar refractivity (Wildman–Crippen MR) is 65.8 cm³/mol. The summed E-state index contributed by atoms with van der Waals surface area (Å²) in [6, 6.07) is 0. The van der Waals surface area contributed by atoms with Crippen molar-refractivity contribution in [3.05, 3.63) is 0 Å². The number of piperazine rings is 1. The fourth-order valence-electron chi connectivity index (χ4n) is 1.98. The number of hydrogen-bond acceptors (Lipinski definition) is 4. The van der Waals surface area contributed by atoms with Crippen molar-refractivity contribution in [2.45, 2.75) is 26.4 Å². The molecule has 0 aromatic heterocycles. The van der Waals surface area contributed by atoms with Crippen LogP contribution in [0.2, 0.25) is 0 Å². The maximum absolute atomic E-state index is 11.7. The summed E-state index contributed by atoms with van der Waals surface area (Å²) < 4.78 is 5.11. The highest BCUT2D eigenvalue weighted by molar-refractivity contribution is 5.77. The Morgan fingerprint density at radius 1 is 1.29 bits per heavy atom. The summed E-state index contributed by atoms with van der Waals surface area (Å²) in [7, 11) is 0. The Kier molecular flexibility index (Phi) is 5.36. The van der Waals surface area contributed by atoms with Gasteiger partial charge in [-0.15, -0.1) is 0 Å². The summed E-state index contributed by atoms with van der Waals surface area (Å²) in [6.07, 6.45) is 0. The fraction of sp³-hybridized carbons (Fsp3) is 0.917. The van der Waals surface area contributed by atoms with Gasteiger partial charge in [0.2, 0.25) is 5.91 Å². The Balaban J connectivity index is 2.28. The third-order valence-corrected chi connectivity index (χ3v) is 2.77. The molecule has 1 heterocycles. The Morgan fingerprint density at radius 2 is 1.88 bits per heavy atom. The molecule has 1 fully saturated rings. The normalized spacial score (nSPS) is 18.5. The second kappa shape index (κ2) is 6.33. The molecule has 1 rings (SSSR count). The zero-order valence-electron chi connectivity index (χ0n) is 11.1. The van der Waals surface area contributed by atoms with Gasteiger partial charge in [-0.1, -0.05) is 0 Å². The Hall–Kier alpha value is -0.650. The molecule has 1 aliphatic heterocycles. The zero-order valence-corrected chi connectivity index (χ0v) is 11.1. The Bertz CT molecular complexity index is 243. The Labute approximate surface area is 103 Å². The molecule has 0 aromatic rings. The molecule has 1 saturated heterocycles. The van der Waals surface area contributed by atoms with E-state index in [-0.39, 0.29) is 12.5 Å². The van der Waals surface area contributed by atoms with Gasteiger partial charge < -0.3 is 14.7 Å². The van der Waals surface area contributed by atoms with E-state index in [0.29, 0.717) is 13.2 Å². The molecular weight excluding hydrogens is 220 g/mol. The van der Waals surface area contributed by atoms with Gasteiger partial charge >= 0.3 is 0 Å². The van der Waals surface area contributed by atoms with Crippen LogP contribution in [0.4, 0.5) is 0 Å². The molecule has 1 N–H and O–H groups in total. The quantitative estimate of drug-likeness (QED) is 0.736. The summed E-state index contributed by atoms with van der Waals surface area (Å²) in [5.41, 5.74) is -0.669. The first kappa shape index (κ1) is 14.4. The average molecular weight is 244 g/mol. The van der Waals surface area contributed by atoms with E-state index in [1.54, 1.807) is 13.8 Å². The average Bonchev–Trinajstić information content (AvgIpc) is 2.24. The second-order valence-corrected chi connectivity index (χ2v) is 5.11. The molecule has 17 heavy (non-hydrogen) atoms. The van der Waals surface area contributed by atoms with E-state index in [2.05, 4.69) is 4.90 Å². The lowest BCUT2D eigenvalue weighted by molar-refractivity contribution is -0.138. The zero-order chi connectivity index (χ0) is 12.9. The molecule has 0 aromatic carbocycles. The lowest BCUT2D eigenvalue weighted by Gasteiger charge is -2.37. The van der Waals surface area contributed by atoms with Gasteiger partial charge in [-0.2, -0.15) is 0 Å². The summed E-state index contributed by atoms with van der Waals surface area (Å²) in [4.78, 5) is 15.7. The molecule has 0 unspecified atom stereocenters. The number of hydrogen-bond donors (Lipinski definition) is 1. The van der Waals surface area contributed by atoms with Crippen molar-refractivity contribution < 1.29 is 14.6 Å². The third kappa shape index (κ3) is 5.48. The molecule has 0 aliphatic carbocycles. The molecule has 1 amide bonds. The minimum absolute atomic E-state index is 0.0646. The Morgan fingerprint density at radius 3 is 2.35 bits per heavy atom. The molecule has 5 nitrogen and oxygen atoms in total. The minimum atomic E-state index is -0.669. The molecule has 0 atom stereocenters. The van der Waals surface area contributed by atoms with Gasteiger partial charge in [0.05, 0.1) is 5.60 Å². The van der Waals surface area contributed by atoms with E-state index >= 15 is 0 Å². The number of β-amino-alcohol motifs (C(OH)–C–C–N with tert-alkyl or cyclic N) is 1. The smallest absolute Gasteiger partial charge is 0.248 e. The number of nitrogens with zero attached hydrogens (tertiary/aromatic N) is 2. The number of amides is 1. The van der Waals surface area contributed by atoms with Crippen LogP contribution in [0.25, 0.3) is 0 Å². The van der Waals surface area contributed by atoms with Crippen molar-refractivity contribution >= 4 is 5.91 Å². The maximum Gasteiger partial charge on any atom is 0.248 e. The predicted octanol–water partition coefficient (Wildman–Crippen LogP) is -0.0620. The van der Waals surface area contributed by atoms with Gasteiger partial charge in [0.25, 0.3) is 0 Å². The van der Waals surface area contributed by atoms with Crippen LogP contribution in [0.15, 0.2) is 0 Å². The summed E-state index contributed by atoms with van der Waals surface area (Å²) in [6.45, 7) is 9.99.